The van der Waals surface area contributed by atoms with Crippen LogP contribution in [0.25, 0.3) is 0 Å². The van der Waals surface area contributed by atoms with Gasteiger partial charge in [0, 0.05) is 0 Å². The predicted molar refractivity (Wildman–Crippen MR) is 68.6 cm³/mol. The van der Waals surface area contributed by atoms with E-state index >= 15 is 0 Å². The van der Waals surface area contributed by atoms with Crippen molar-refractivity contribution < 1.29 is 19.2 Å². The number of phosphoric acid groups is 1. The van der Waals surface area contributed by atoms with Crippen LogP contribution in [0.5, 0.6) is 0 Å². The molecular weight excluding hydrogens is 267 g/mol. The van der Waals surface area contributed by atoms with Crippen LogP contribution in [0.3, 0.4) is 0 Å². The first-order chi connectivity index (χ1) is 7.18. The standard InChI is InChI=1S/C3H6N6.C2H4.2H3N.H3O4P/c4-1-7-2(5)9-3(6)8-1;1-2;;;1-5(2,3)4/h(H6,4,5,6,7,8,9);1-2H2;2*1H3;(H3,1,2,3,4). The summed E-state index contributed by atoms with van der Waals surface area (Å²) in [7, 11) is -4.64. The molecule has 0 unspecified atom stereocenters. The number of rotatable bonds is 0. The van der Waals surface area contributed by atoms with Crippen molar-refractivity contribution in [1.82, 2.24) is 27.3 Å². The molecule has 1 rings (SSSR count). The van der Waals surface area contributed by atoms with Crippen LogP contribution in [0, 0.1) is 0 Å². The molecule has 12 nitrogen and oxygen atoms in total. The summed E-state index contributed by atoms with van der Waals surface area (Å²) in [6.45, 7) is 6.00. The van der Waals surface area contributed by atoms with Crippen molar-refractivity contribution in [2.45, 2.75) is 0 Å². The molecule has 0 bridgehead atoms. The molecule has 0 aliphatic heterocycles. The van der Waals surface area contributed by atoms with Gasteiger partial charge < -0.3 is 44.2 Å². The van der Waals surface area contributed by atoms with Crippen LogP contribution in [0.1, 0.15) is 0 Å². The van der Waals surface area contributed by atoms with E-state index in [1.807, 2.05) is 0 Å². The fourth-order valence-electron chi connectivity index (χ4n) is 0.427. The molecule has 13 heteroatoms. The van der Waals surface area contributed by atoms with Gasteiger partial charge in [-0.1, -0.05) is 0 Å². The Morgan fingerprint density at radius 3 is 1.06 bits per heavy atom. The van der Waals surface area contributed by atoms with Gasteiger partial charge in [0.1, 0.15) is 0 Å². The largest absolute Gasteiger partial charge is 0.466 e. The third-order valence-corrected chi connectivity index (χ3v) is 0.687. The number of nitrogens with zero attached hydrogens (tertiary/aromatic N) is 3. The van der Waals surface area contributed by atoms with E-state index in [9.17, 15) is 0 Å². The Bertz CT molecular complexity index is 312. The van der Waals surface area contributed by atoms with E-state index in [0.717, 1.165) is 0 Å². The summed E-state index contributed by atoms with van der Waals surface area (Å²) in [5.74, 6) is 0.125. The quantitative estimate of drug-likeness (QED) is 0.206. The first-order valence-electron chi connectivity index (χ1n) is 3.49. The molecule has 0 spiro atoms. The number of hydrogen-bond acceptors (Lipinski definition) is 9. The number of nitrogens with two attached hydrogens (primary N) is 3. The maximum absolute atomic E-state index is 8.88. The summed E-state index contributed by atoms with van der Waals surface area (Å²) in [5.41, 5.74) is 15.4. The molecule has 18 heavy (non-hydrogen) atoms. The minimum atomic E-state index is -4.64. The van der Waals surface area contributed by atoms with Gasteiger partial charge >= 0.3 is 7.82 Å². The van der Waals surface area contributed by atoms with Crippen molar-refractivity contribution in [1.29, 1.82) is 0 Å². The maximum Gasteiger partial charge on any atom is 0.466 e. The smallest absolute Gasteiger partial charge is 0.368 e. The lowest BCUT2D eigenvalue weighted by molar-refractivity contribution is 0.275. The molecule has 0 aromatic carbocycles. The summed E-state index contributed by atoms with van der Waals surface area (Å²) in [4.78, 5) is 32.0. The van der Waals surface area contributed by atoms with Crippen LogP contribution in [0.15, 0.2) is 13.2 Å². The highest BCUT2D eigenvalue weighted by atomic mass is 31.2. The highest BCUT2D eigenvalue weighted by Gasteiger charge is 2.00. The summed E-state index contributed by atoms with van der Waals surface area (Å²) >= 11 is 0. The monoisotopic (exact) mass is 286 g/mol. The van der Waals surface area contributed by atoms with Gasteiger partial charge in [-0.2, -0.15) is 15.0 Å². The fourth-order valence-corrected chi connectivity index (χ4v) is 0.427. The fraction of sp³-hybridized carbons (Fsp3) is 0. The second-order valence-electron chi connectivity index (χ2n) is 1.92. The normalized spacial score (nSPS) is 8.17. The van der Waals surface area contributed by atoms with Gasteiger partial charge in [0.05, 0.1) is 0 Å². The Morgan fingerprint density at radius 1 is 0.833 bits per heavy atom. The maximum atomic E-state index is 8.88. The summed E-state index contributed by atoms with van der Waals surface area (Å²) in [6, 6.07) is 0. The molecule has 108 valence electrons. The lowest BCUT2D eigenvalue weighted by Gasteiger charge is -1.93. The lowest BCUT2D eigenvalue weighted by atomic mass is 10.9. The summed E-state index contributed by atoms with van der Waals surface area (Å²) in [6.07, 6.45) is 0. The third-order valence-electron chi connectivity index (χ3n) is 0.687. The average Bonchev–Trinajstić information content (AvgIpc) is 2.01. The molecule has 0 aliphatic carbocycles. The van der Waals surface area contributed by atoms with Crippen LogP contribution >= 0.6 is 7.82 Å². The molecule has 0 fully saturated rings. The SMILES string of the molecule is C=C.N.N.Nc1nc(N)nc(N)n1.O=P(O)(O)O. The van der Waals surface area contributed by atoms with Gasteiger partial charge in [-0.15, -0.1) is 13.2 Å². The Labute approximate surface area is 103 Å². The predicted octanol–water partition coefficient (Wildman–Crippen LogP) is -1.18. The summed E-state index contributed by atoms with van der Waals surface area (Å²) < 4.78 is 8.88. The molecule has 1 heterocycles. The molecule has 0 radical (unpaired) electrons. The topological polar surface area (TPSA) is 264 Å². The zero-order valence-corrected chi connectivity index (χ0v) is 10.5. The number of aromatic nitrogens is 3. The van der Waals surface area contributed by atoms with E-state index in [1.165, 1.54) is 0 Å². The number of anilines is 3. The van der Waals surface area contributed by atoms with E-state index in [4.69, 9.17) is 36.4 Å². The van der Waals surface area contributed by atoms with E-state index in [0.29, 0.717) is 0 Å². The van der Waals surface area contributed by atoms with Crippen molar-refractivity contribution >= 4 is 25.7 Å². The first-order valence-corrected chi connectivity index (χ1v) is 5.06. The molecule has 1 aromatic rings. The van der Waals surface area contributed by atoms with Crippen LogP contribution in [0.4, 0.5) is 17.8 Å². The molecule has 0 aliphatic rings. The Morgan fingerprint density at radius 2 is 0.944 bits per heavy atom. The highest BCUT2D eigenvalue weighted by molar-refractivity contribution is 7.45. The van der Waals surface area contributed by atoms with Gasteiger partial charge in [-0.05, 0) is 0 Å². The van der Waals surface area contributed by atoms with Crippen molar-refractivity contribution in [3.05, 3.63) is 13.2 Å². The lowest BCUT2D eigenvalue weighted by Crippen LogP contribution is -2.05. The van der Waals surface area contributed by atoms with E-state index in [-0.39, 0.29) is 30.1 Å². The second-order valence-corrected chi connectivity index (χ2v) is 2.95. The van der Waals surface area contributed by atoms with Gasteiger partial charge in [-0.25, -0.2) is 4.57 Å². The highest BCUT2D eigenvalue weighted by Crippen LogP contribution is 2.25. The van der Waals surface area contributed by atoms with Crippen molar-refractivity contribution in [2.24, 2.45) is 0 Å². The zero-order valence-electron chi connectivity index (χ0n) is 9.60. The minimum Gasteiger partial charge on any atom is -0.368 e. The molecule has 0 saturated carbocycles. The van der Waals surface area contributed by atoms with Crippen LogP contribution < -0.4 is 29.5 Å². The van der Waals surface area contributed by atoms with E-state index in [1.54, 1.807) is 0 Å². The van der Waals surface area contributed by atoms with Gasteiger partial charge in [0.25, 0.3) is 0 Å². The Balaban J connectivity index is -0.0000000959. The molecule has 15 N–H and O–H groups in total. The van der Waals surface area contributed by atoms with E-state index in [2.05, 4.69) is 28.1 Å². The Hall–Kier alpha value is -1.82. The zero-order chi connectivity index (χ0) is 13.4. The first kappa shape index (κ1) is 25.1. The van der Waals surface area contributed by atoms with Crippen molar-refractivity contribution in [3.8, 4) is 0 Å². The van der Waals surface area contributed by atoms with E-state index < -0.39 is 7.82 Å². The molecular formula is C5H19N8O4P. The van der Waals surface area contributed by atoms with Gasteiger partial charge in [0.2, 0.25) is 17.8 Å². The van der Waals surface area contributed by atoms with Gasteiger partial charge in [0.15, 0.2) is 0 Å². The van der Waals surface area contributed by atoms with Crippen molar-refractivity contribution in [2.75, 3.05) is 17.2 Å². The van der Waals surface area contributed by atoms with Crippen LogP contribution in [0.2, 0.25) is 0 Å². The molecule has 0 amide bonds. The number of nitrogen functional groups attached to an aromatic ring is 3. The van der Waals surface area contributed by atoms with Crippen LogP contribution in [-0.4, -0.2) is 29.6 Å². The Kier molecular flexibility index (Phi) is 16.3. The molecule has 1 aromatic heterocycles. The third kappa shape index (κ3) is 23.8. The minimum absolute atomic E-state index is 0. The van der Waals surface area contributed by atoms with Crippen molar-refractivity contribution in [3.63, 3.8) is 0 Å². The van der Waals surface area contributed by atoms with Crippen LogP contribution in [-0.2, 0) is 4.57 Å². The average molecular weight is 286 g/mol. The molecule has 0 saturated heterocycles. The number of hydrogen-bond donors (Lipinski definition) is 8. The summed E-state index contributed by atoms with van der Waals surface area (Å²) in [5, 5.41) is 0. The molecule has 0 atom stereocenters. The second kappa shape index (κ2) is 11.7. The van der Waals surface area contributed by atoms with Gasteiger partial charge in [-0.3, -0.25) is 0 Å².